The molecule has 0 saturated carbocycles. The van der Waals surface area contributed by atoms with Gasteiger partial charge in [0.15, 0.2) is 0 Å². The Bertz CT molecular complexity index is 2140. The highest BCUT2D eigenvalue weighted by Gasteiger charge is 2.26. The molecule has 0 aliphatic heterocycles. The van der Waals surface area contributed by atoms with Crippen LogP contribution in [0.2, 0.25) is 0 Å². The van der Waals surface area contributed by atoms with Gasteiger partial charge in [-0.05, 0) is 108 Å². The highest BCUT2D eigenvalue weighted by Crippen LogP contribution is 2.48. The van der Waals surface area contributed by atoms with Crippen molar-refractivity contribution >= 4 is 21.5 Å². The number of rotatable bonds is 3. The summed E-state index contributed by atoms with van der Waals surface area (Å²) >= 11 is 0. The molecule has 0 amide bonds. The zero-order valence-corrected chi connectivity index (χ0v) is 22.9. The number of hydrogen-bond donors (Lipinski definition) is 1. The second kappa shape index (κ2) is 9.21. The Hall–Kier alpha value is -5.14. The zero-order chi connectivity index (χ0) is 27.5. The van der Waals surface area contributed by atoms with Crippen molar-refractivity contribution in [1.29, 1.82) is 0 Å². The highest BCUT2D eigenvalue weighted by molar-refractivity contribution is 6.03. The molecule has 7 aromatic rings. The molecule has 1 aliphatic carbocycles. The van der Waals surface area contributed by atoms with Crippen molar-refractivity contribution in [2.75, 3.05) is 0 Å². The molecule has 0 bridgehead atoms. The van der Waals surface area contributed by atoms with Gasteiger partial charge in [0.05, 0.1) is 0 Å². The van der Waals surface area contributed by atoms with E-state index in [0.29, 0.717) is 5.75 Å². The lowest BCUT2D eigenvalue weighted by Gasteiger charge is -2.18. The van der Waals surface area contributed by atoms with Crippen LogP contribution in [0, 0.1) is 6.92 Å². The SMILES string of the molecule is Cc1cc(-c2c(-c3cccc4ccccc34)ccc3c2Cc2cc(-c4cccc5ccccc45)ccc2-3)ccc1O. The van der Waals surface area contributed by atoms with Gasteiger partial charge < -0.3 is 5.11 Å². The van der Waals surface area contributed by atoms with E-state index in [1.54, 1.807) is 0 Å². The lowest BCUT2D eigenvalue weighted by atomic mass is 9.86. The molecule has 7 aromatic carbocycles. The topological polar surface area (TPSA) is 20.2 Å². The third-order valence-corrected chi connectivity index (χ3v) is 8.74. The van der Waals surface area contributed by atoms with Gasteiger partial charge in [-0.3, -0.25) is 0 Å². The lowest BCUT2D eigenvalue weighted by Crippen LogP contribution is -1.94. The molecule has 194 valence electrons. The summed E-state index contributed by atoms with van der Waals surface area (Å²) in [5.74, 6) is 0.330. The number of phenolic OH excluding ortho intramolecular Hbond substituents is 1. The van der Waals surface area contributed by atoms with Crippen LogP contribution in [0.4, 0.5) is 0 Å². The highest BCUT2D eigenvalue weighted by atomic mass is 16.3. The van der Waals surface area contributed by atoms with Gasteiger partial charge in [0.2, 0.25) is 0 Å². The van der Waals surface area contributed by atoms with Gasteiger partial charge in [-0.15, -0.1) is 0 Å². The average molecular weight is 525 g/mol. The normalized spacial score (nSPS) is 12.0. The molecule has 8 rings (SSSR count). The third kappa shape index (κ3) is 3.77. The predicted octanol–water partition coefficient (Wildman–Crippen LogP) is 10.6. The molecule has 0 fully saturated rings. The van der Waals surface area contributed by atoms with Crippen molar-refractivity contribution in [2.24, 2.45) is 0 Å². The fourth-order valence-corrected chi connectivity index (χ4v) is 6.75. The van der Waals surface area contributed by atoms with E-state index in [4.69, 9.17) is 0 Å². The minimum absolute atomic E-state index is 0.330. The lowest BCUT2D eigenvalue weighted by molar-refractivity contribution is 0.471. The van der Waals surface area contributed by atoms with Crippen molar-refractivity contribution < 1.29 is 5.11 Å². The molecule has 1 aliphatic rings. The van der Waals surface area contributed by atoms with Crippen molar-refractivity contribution in [3.63, 3.8) is 0 Å². The first kappa shape index (κ1) is 23.7. The summed E-state index contributed by atoms with van der Waals surface area (Å²) < 4.78 is 0. The number of aryl methyl sites for hydroxylation is 1. The number of phenols is 1. The van der Waals surface area contributed by atoms with E-state index in [2.05, 4.69) is 127 Å². The summed E-state index contributed by atoms with van der Waals surface area (Å²) in [6, 6.07) is 48.0. The van der Waals surface area contributed by atoms with Gasteiger partial charge in [-0.25, -0.2) is 0 Å². The van der Waals surface area contributed by atoms with Crippen LogP contribution in [-0.4, -0.2) is 5.11 Å². The van der Waals surface area contributed by atoms with E-state index in [9.17, 15) is 5.11 Å². The van der Waals surface area contributed by atoms with Gasteiger partial charge in [0, 0.05) is 0 Å². The maximum absolute atomic E-state index is 10.4. The second-order valence-electron chi connectivity index (χ2n) is 11.1. The minimum atomic E-state index is 0.330. The zero-order valence-electron chi connectivity index (χ0n) is 22.9. The summed E-state index contributed by atoms with van der Waals surface area (Å²) in [6.07, 6.45) is 0.872. The van der Waals surface area contributed by atoms with Crippen molar-refractivity contribution in [3.8, 4) is 50.3 Å². The van der Waals surface area contributed by atoms with Crippen LogP contribution in [0.5, 0.6) is 5.75 Å². The molecular weight excluding hydrogens is 496 g/mol. The fourth-order valence-electron chi connectivity index (χ4n) is 6.75. The van der Waals surface area contributed by atoms with Gasteiger partial charge >= 0.3 is 0 Å². The second-order valence-corrected chi connectivity index (χ2v) is 11.1. The molecule has 0 unspecified atom stereocenters. The largest absolute Gasteiger partial charge is 0.508 e. The molecule has 0 saturated heterocycles. The van der Waals surface area contributed by atoms with Crippen LogP contribution in [0.1, 0.15) is 16.7 Å². The Morgan fingerprint density at radius 2 is 1.10 bits per heavy atom. The number of fused-ring (bicyclic) bond motifs is 5. The molecule has 0 heterocycles. The molecule has 0 aromatic heterocycles. The summed E-state index contributed by atoms with van der Waals surface area (Å²) in [6.45, 7) is 1.98. The summed E-state index contributed by atoms with van der Waals surface area (Å²) in [4.78, 5) is 0. The maximum Gasteiger partial charge on any atom is 0.118 e. The van der Waals surface area contributed by atoms with Crippen LogP contribution in [0.25, 0.3) is 66.1 Å². The standard InChI is InChI=1S/C40H28O/c1-25-22-29(17-21-39(25)41)40-37(35-15-7-11-27-9-3-5-13-32(27)35)20-19-36-34-18-16-28(23-30(34)24-38(36)40)33-14-6-10-26-8-2-4-12-31(26)33/h2-23,41H,24H2,1H3. The first-order chi connectivity index (χ1) is 20.2. The molecule has 1 nitrogen and oxygen atoms in total. The van der Waals surface area contributed by atoms with E-state index in [-0.39, 0.29) is 0 Å². The van der Waals surface area contributed by atoms with Crippen LogP contribution in [0.15, 0.2) is 133 Å². The molecule has 0 radical (unpaired) electrons. The van der Waals surface area contributed by atoms with E-state index in [0.717, 1.165) is 17.5 Å². The van der Waals surface area contributed by atoms with E-state index in [1.165, 1.54) is 71.6 Å². The Balaban J connectivity index is 1.34. The number of aromatic hydroxyl groups is 1. The predicted molar refractivity (Wildman–Crippen MR) is 172 cm³/mol. The van der Waals surface area contributed by atoms with Gasteiger partial charge in [-0.1, -0.05) is 121 Å². The van der Waals surface area contributed by atoms with Crippen molar-refractivity contribution in [1.82, 2.24) is 0 Å². The summed E-state index contributed by atoms with van der Waals surface area (Å²) in [5.41, 5.74) is 13.6. The van der Waals surface area contributed by atoms with Crippen molar-refractivity contribution in [2.45, 2.75) is 13.3 Å². The fraction of sp³-hybridized carbons (Fsp3) is 0.0500. The Labute approximate surface area is 240 Å². The Kier molecular flexibility index (Phi) is 5.33. The average Bonchev–Trinajstić information content (AvgIpc) is 3.39. The third-order valence-electron chi connectivity index (χ3n) is 8.74. The first-order valence-electron chi connectivity index (χ1n) is 14.2. The van der Waals surface area contributed by atoms with Gasteiger partial charge in [-0.2, -0.15) is 0 Å². The monoisotopic (exact) mass is 524 g/mol. The number of benzene rings is 7. The Morgan fingerprint density at radius 1 is 0.488 bits per heavy atom. The smallest absolute Gasteiger partial charge is 0.118 e. The van der Waals surface area contributed by atoms with Gasteiger partial charge in [0.25, 0.3) is 0 Å². The molecule has 0 atom stereocenters. The molecule has 1 N–H and O–H groups in total. The van der Waals surface area contributed by atoms with Crippen LogP contribution in [0.3, 0.4) is 0 Å². The van der Waals surface area contributed by atoms with E-state index >= 15 is 0 Å². The van der Waals surface area contributed by atoms with Gasteiger partial charge in [0.1, 0.15) is 5.75 Å². The summed E-state index contributed by atoms with van der Waals surface area (Å²) in [5, 5.41) is 15.4. The summed E-state index contributed by atoms with van der Waals surface area (Å²) in [7, 11) is 0. The van der Waals surface area contributed by atoms with E-state index < -0.39 is 0 Å². The minimum Gasteiger partial charge on any atom is -0.508 e. The van der Waals surface area contributed by atoms with Crippen LogP contribution in [-0.2, 0) is 6.42 Å². The first-order valence-corrected chi connectivity index (χ1v) is 14.2. The Morgan fingerprint density at radius 3 is 1.85 bits per heavy atom. The molecular formula is C40H28O. The quantitative estimate of drug-likeness (QED) is 0.244. The molecule has 41 heavy (non-hydrogen) atoms. The maximum atomic E-state index is 10.4. The van der Waals surface area contributed by atoms with E-state index in [1.807, 2.05) is 13.0 Å². The van der Waals surface area contributed by atoms with Crippen molar-refractivity contribution in [3.05, 3.63) is 150 Å². The molecule has 1 heteroatoms. The molecule has 0 spiro atoms. The van der Waals surface area contributed by atoms with Crippen LogP contribution < -0.4 is 0 Å². The van der Waals surface area contributed by atoms with Crippen LogP contribution >= 0.6 is 0 Å². The number of hydrogen-bond acceptors (Lipinski definition) is 1.